The molecule has 0 unspecified atom stereocenters. The van der Waals surface area contributed by atoms with Crippen molar-refractivity contribution >= 4 is 5.91 Å². The maximum Gasteiger partial charge on any atom is 0.273 e. The van der Waals surface area contributed by atoms with Crippen LogP contribution in [0.25, 0.3) is 11.4 Å². The summed E-state index contributed by atoms with van der Waals surface area (Å²) in [4.78, 5) is 52.6. The fourth-order valence-corrected chi connectivity index (χ4v) is 4.63. The molecule has 0 radical (unpaired) electrons. The predicted octanol–water partition coefficient (Wildman–Crippen LogP) is 1.64. The van der Waals surface area contributed by atoms with E-state index in [4.69, 9.17) is 4.98 Å². The first-order chi connectivity index (χ1) is 14.6. The second kappa shape index (κ2) is 7.05. The van der Waals surface area contributed by atoms with Crippen LogP contribution in [-0.2, 0) is 11.8 Å². The molecular formula is C22H21N5O3. The number of aromatic nitrogens is 4. The van der Waals surface area contributed by atoms with E-state index >= 15 is 0 Å². The molecule has 1 aromatic carbocycles. The molecule has 152 valence electrons. The Morgan fingerprint density at radius 2 is 1.83 bits per heavy atom. The molecular weight excluding hydrogens is 382 g/mol. The molecule has 1 spiro atoms. The van der Waals surface area contributed by atoms with Gasteiger partial charge in [-0.25, -0.2) is 9.97 Å². The van der Waals surface area contributed by atoms with E-state index in [1.165, 1.54) is 6.20 Å². The zero-order valence-corrected chi connectivity index (χ0v) is 16.4. The van der Waals surface area contributed by atoms with Gasteiger partial charge in [0.15, 0.2) is 0 Å². The first-order valence-corrected chi connectivity index (χ1v) is 10.1. The summed E-state index contributed by atoms with van der Waals surface area (Å²) >= 11 is 0. The minimum atomic E-state index is -0.336. The first-order valence-electron chi connectivity index (χ1n) is 10.1. The van der Waals surface area contributed by atoms with Gasteiger partial charge in [-0.1, -0.05) is 30.3 Å². The van der Waals surface area contributed by atoms with Crippen LogP contribution in [0.3, 0.4) is 0 Å². The largest absolute Gasteiger partial charge is 0.337 e. The van der Waals surface area contributed by atoms with Crippen LogP contribution in [0, 0.1) is 0 Å². The van der Waals surface area contributed by atoms with Crippen molar-refractivity contribution in [3.63, 3.8) is 0 Å². The predicted molar refractivity (Wildman–Crippen MR) is 110 cm³/mol. The van der Waals surface area contributed by atoms with Gasteiger partial charge in [0, 0.05) is 35.8 Å². The van der Waals surface area contributed by atoms with Crippen LogP contribution in [0.2, 0.25) is 0 Å². The number of nitrogens with one attached hydrogen (secondary N) is 2. The number of carbonyl (C=O) groups is 1. The summed E-state index contributed by atoms with van der Waals surface area (Å²) in [5.41, 5.74) is 2.21. The second-order valence-electron chi connectivity index (χ2n) is 7.98. The maximum atomic E-state index is 12.7. The molecule has 8 nitrogen and oxygen atoms in total. The van der Waals surface area contributed by atoms with Crippen LogP contribution in [0.15, 0.2) is 52.3 Å². The number of hydrogen-bond donors (Lipinski definition) is 2. The van der Waals surface area contributed by atoms with Crippen molar-refractivity contribution < 1.29 is 4.79 Å². The highest BCUT2D eigenvalue weighted by molar-refractivity contribution is 5.92. The van der Waals surface area contributed by atoms with Gasteiger partial charge in [0.1, 0.15) is 11.5 Å². The van der Waals surface area contributed by atoms with Gasteiger partial charge in [0.2, 0.25) is 0 Å². The number of aromatic amines is 2. The van der Waals surface area contributed by atoms with E-state index in [0.29, 0.717) is 25.3 Å². The van der Waals surface area contributed by atoms with E-state index < -0.39 is 0 Å². The molecule has 2 N–H and O–H groups in total. The summed E-state index contributed by atoms with van der Waals surface area (Å²) in [7, 11) is 0. The average Bonchev–Trinajstić information content (AvgIpc) is 3.13. The number of likely N-dealkylation sites (tertiary alicyclic amines) is 1. The number of piperidine rings is 1. The smallest absolute Gasteiger partial charge is 0.273 e. The summed E-state index contributed by atoms with van der Waals surface area (Å²) in [6.07, 6.45) is 5.55. The van der Waals surface area contributed by atoms with Gasteiger partial charge in [-0.15, -0.1) is 0 Å². The molecule has 1 aliphatic carbocycles. The van der Waals surface area contributed by atoms with Crippen LogP contribution in [0.5, 0.6) is 0 Å². The third kappa shape index (κ3) is 3.04. The third-order valence-corrected chi connectivity index (χ3v) is 6.32. The Morgan fingerprint density at radius 3 is 2.53 bits per heavy atom. The van der Waals surface area contributed by atoms with E-state index in [0.717, 1.165) is 42.3 Å². The molecule has 8 heteroatoms. The molecule has 1 fully saturated rings. The van der Waals surface area contributed by atoms with E-state index in [9.17, 15) is 14.4 Å². The Morgan fingerprint density at radius 1 is 1.07 bits per heavy atom. The lowest BCUT2D eigenvalue weighted by Crippen LogP contribution is -2.45. The number of fused-ring (bicyclic) bond motifs is 2. The lowest BCUT2D eigenvalue weighted by atomic mass is 9.76. The van der Waals surface area contributed by atoms with Gasteiger partial charge in [-0.2, -0.15) is 0 Å². The topological polar surface area (TPSA) is 112 Å². The number of H-pyrrole nitrogens is 2. The van der Waals surface area contributed by atoms with Gasteiger partial charge in [-0.3, -0.25) is 14.4 Å². The summed E-state index contributed by atoms with van der Waals surface area (Å²) in [5.74, 6) is 0.403. The van der Waals surface area contributed by atoms with Crippen molar-refractivity contribution in [1.29, 1.82) is 0 Å². The molecule has 1 aliphatic heterocycles. The lowest BCUT2D eigenvalue weighted by Gasteiger charge is -2.39. The van der Waals surface area contributed by atoms with Crippen LogP contribution in [0.1, 0.15) is 41.0 Å². The molecule has 0 bridgehead atoms. The fraction of sp³-hybridized carbons (Fsp3) is 0.318. The lowest BCUT2D eigenvalue weighted by molar-refractivity contribution is 0.0657. The van der Waals surface area contributed by atoms with Crippen molar-refractivity contribution in [3.8, 4) is 11.4 Å². The summed E-state index contributed by atoms with van der Waals surface area (Å²) in [5, 5.41) is 0. The van der Waals surface area contributed by atoms with Crippen molar-refractivity contribution in [1.82, 2.24) is 24.8 Å². The SMILES string of the molecule is O=C(c1c[nH]c(=O)cn1)N1CCC2(CCc3c2nc(-c2ccccc2)[nH]c3=O)CC1. The van der Waals surface area contributed by atoms with Gasteiger partial charge in [0.05, 0.1) is 11.9 Å². The van der Waals surface area contributed by atoms with Crippen LogP contribution >= 0.6 is 0 Å². The molecule has 30 heavy (non-hydrogen) atoms. The zero-order chi connectivity index (χ0) is 20.7. The molecule has 1 saturated heterocycles. The Bertz CT molecular complexity index is 1200. The summed E-state index contributed by atoms with van der Waals surface area (Å²) in [6.45, 7) is 1.13. The Hall–Kier alpha value is -3.55. The van der Waals surface area contributed by atoms with Crippen LogP contribution < -0.4 is 11.1 Å². The molecule has 0 saturated carbocycles. The molecule has 0 atom stereocenters. The standard InChI is InChI=1S/C22H21N5O3/c28-17-13-23-16(12-24-17)21(30)27-10-8-22(9-11-27)7-6-15-18(22)25-19(26-20(15)29)14-4-2-1-3-5-14/h1-5,12-13H,6-11H2,(H,24,28)(H,25,26,29). The van der Waals surface area contributed by atoms with Crippen molar-refractivity contribution in [2.24, 2.45) is 0 Å². The quantitative estimate of drug-likeness (QED) is 0.676. The van der Waals surface area contributed by atoms with Gasteiger partial charge < -0.3 is 14.9 Å². The average molecular weight is 403 g/mol. The van der Waals surface area contributed by atoms with Crippen molar-refractivity contribution in [3.05, 3.63) is 80.4 Å². The molecule has 2 aromatic heterocycles. The molecule has 1 amide bonds. The van der Waals surface area contributed by atoms with Gasteiger partial charge >= 0.3 is 0 Å². The molecule has 5 rings (SSSR count). The minimum absolute atomic E-state index is 0.0633. The summed E-state index contributed by atoms with van der Waals surface area (Å²) in [6, 6.07) is 9.65. The first kappa shape index (κ1) is 18.5. The molecule has 3 heterocycles. The normalized spacial score (nSPS) is 17.1. The summed E-state index contributed by atoms with van der Waals surface area (Å²) < 4.78 is 0. The van der Waals surface area contributed by atoms with Crippen molar-refractivity contribution in [2.45, 2.75) is 31.1 Å². The fourth-order valence-electron chi connectivity index (χ4n) is 4.63. The Labute approximate surface area is 172 Å². The number of nitrogens with zero attached hydrogens (tertiary/aromatic N) is 3. The second-order valence-corrected chi connectivity index (χ2v) is 7.98. The van der Waals surface area contributed by atoms with E-state index in [2.05, 4.69) is 15.0 Å². The monoisotopic (exact) mass is 403 g/mol. The third-order valence-electron chi connectivity index (χ3n) is 6.32. The highest BCUT2D eigenvalue weighted by Gasteiger charge is 2.44. The van der Waals surface area contributed by atoms with Gasteiger partial charge in [0.25, 0.3) is 17.0 Å². The van der Waals surface area contributed by atoms with Crippen LogP contribution in [0.4, 0.5) is 0 Å². The maximum absolute atomic E-state index is 12.7. The number of benzene rings is 1. The highest BCUT2D eigenvalue weighted by Crippen LogP contribution is 2.44. The van der Waals surface area contributed by atoms with E-state index in [1.54, 1.807) is 4.90 Å². The van der Waals surface area contributed by atoms with Crippen molar-refractivity contribution in [2.75, 3.05) is 13.1 Å². The van der Waals surface area contributed by atoms with Crippen LogP contribution in [-0.4, -0.2) is 43.8 Å². The highest BCUT2D eigenvalue weighted by atomic mass is 16.2. The van der Waals surface area contributed by atoms with E-state index in [1.807, 2.05) is 30.3 Å². The number of carbonyl (C=O) groups excluding carboxylic acids is 1. The number of rotatable bonds is 2. The Kier molecular flexibility index (Phi) is 4.34. The molecule has 2 aliphatic rings. The number of amides is 1. The van der Waals surface area contributed by atoms with E-state index in [-0.39, 0.29) is 28.1 Å². The van der Waals surface area contributed by atoms with Gasteiger partial charge in [-0.05, 0) is 25.7 Å². The molecule has 3 aromatic rings. The zero-order valence-electron chi connectivity index (χ0n) is 16.4. The number of hydrogen-bond acceptors (Lipinski definition) is 5. The Balaban J connectivity index is 1.41. The minimum Gasteiger partial charge on any atom is -0.337 e.